The number of fused-ring (bicyclic) bond motifs is 1. The van der Waals surface area contributed by atoms with E-state index in [2.05, 4.69) is 31.4 Å². The second kappa shape index (κ2) is 10.0. The van der Waals surface area contributed by atoms with Crippen LogP contribution >= 0.6 is 50.8 Å². The molecule has 0 saturated carbocycles. The molecular formula is C16H18BrN5O5S3. The molecule has 0 radical (unpaired) electrons. The number of thioether (sulfide) groups is 2. The number of nitrogens with two attached hydrogens (primary N) is 1. The maximum absolute atomic E-state index is 12.8. The lowest BCUT2D eigenvalue weighted by Crippen LogP contribution is -2.71. The lowest BCUT2D eigenvalue weighted by molar-refractivity contribution is -0.150. The number of alkyl halides is 1. The summed E-state index contributed by atoms with van der Waals surface area (Å²) < 4.78 is 0. The number of β-lactam (4-membered cyclic amide) rings is 1. The molecule has 3 heterocycles. The largest absolute Gasteiger partial charge is 0.477 e. The molecule has 2 aliphatic rings. The minimum atomic E-state index is -1.15. The van der Waals surface area contributed by atoms with Gasteiger partial charge in [0.15, 0.2) is 10.8 Å². The number of rotatable bonds is 9. The molecule has 4 N–H and O–H groups in total. The number of hydrogen-bond donors (Lipinski definition) is 3. The van der Waals surface area contributed by atoms with Crippen LogP contribution in [0.2, 0.25) is 0 Å². The van der Waals surface area contributed by atoms with Gasteiger partial charge in [0.25, 0.3) is 11.8 Å². The number of carboxylic acids is 1. The van der Waals surface area contributed by atoms with E-state index in [1.54, 1.807) is 5.38 Å². The van der Waals surface area contributed by atoms with E-state index < -0.39 is 29.2 Å². The lowest BCUT2D eigenvalue weighted by Gasteiger charge is -2.49. The summed E-state index contributed by atoms with van der Waals surface area (Å²) in [5, 5.41) is 17.9. The second-order valence-electron chi connectivity index (χ2n) is 6.08. The number of hydrogen-bond acceptors (Lipinski definition) is 10. The SMILES string of the molecule is CSCC1=C(C(=O)O)N2C(=O)C(NC(=O)C(=NOCCBr)c3csc(N)n3)[C@H]2SC1. The van der Waals surface area contributed by atoms with Crippen LogP contribution in [0.5, 0.6) is 0 Å². The Hall–Kier alpha value is -1.77. The summed E-state index contributed by atoms with van der Waals surface area (Å²) in [5.41, 5.74) is 6.47. The average molecular weight is 536 g/mol. The van der Waals surface area contributed by atoms with Gasteiger partial charge in [0.2, 0.25) is 0 Å². The van der Waals surface area contributed by atoms with E-state index in [-0.39, 0.29) is 28.8 Å². The molecule has 2 aliphatic heterocycles. The number of nitrogens with one attached hydrogen (secondary N) is 1. The average Bonchev–Trinajstić information content (AvgIpc) is 3.14. The van der Waals surface area contributed by atoms with E-state index in [0.29, 0.717) is 22.4 Å². The predicted molar refractivity (Wildman–Crippen MR) is 121 cm³/mol. The number of nitrogens with zero attached hydrogens (tertiary/aromatic N) is 3. The first-order valence-corrected chi connectivity index (χ1v) is 13.0. The van der Waals surface area contributed by atoms with Crippen molar-refractivity contribution in [3.05, 3.63) is 22.3 Å². The van der Waals surface area contributed by atoms with Gasteiger partial charge in [0.05, 0.1) is 0 Å². The molecule has 0 spiro atoms. The first-order chi connectivity index (χ1) is 14.4. The Kier molecular flexibility index (Phi) is 7.65. The van der Waals surface area contributed by atoms with Crippen molar-refractivity contribution in [2.75, 3.05) is 35.4 Å². The summed E-state index contributed by atoms with van der Waals surface area (Å²) in [6.45, 7) is 0.232. The molecule has 30 heavy (non-hydrogen) atoms. The number of anilines is 1. The smallest absolute Gasteiger partial charge is 0.352 e. The quantitative estimate of drug-likeness (QED) is 0.138. The number of aromatic nitrogens is 1. The Morgan fingerprint density at radius 2 is 2.33 bits per heavy atom. The number of carboxylic acid groups (broad SMARTS) is 1. The van der Waals surface area contributed by atoms with E-state index in [1.165, 1.54) is 28.4 Å². The summed E-state index contributed by atoms with van der Waals surface area (Å²) in [7, 11) is 0. The zero-order valence-corrected chi connectivity index (χ0v) is 19.7. The van der Waals surface area contributed by atoms with E-state index in [0.717, 1.165) is 11.3 Å². The third-order valence-corrected chi connectivity index (χ3v) is 7.13. The van der Waals surface area contributed by atoms with Gasteiger partial charge in [-0.05, 0) is 11.8 Å². The van der Waals surface area contributed by atoms with Crippen molar-refractivity contribution in [3.63, 3.8) is 0 Å². The summed E-state index contributed by atoms with van der Waals surface area (Å²) in [4.78, 5) is 47.7. The van der Waals surface area contributed by atoms with E-state index in [9.17, 15) is 19.5 Å². The first kappa shape index (κ1) is 22.9. The van der Waals surface area contributed by atoms with Gasteiger partial charge in [-0.3, -0.25) is 14.5 Å². The Labute approximate surface area is 192 Å². The number of nitrogen functional groups attached to an aromatic ring is 1. The molecule has 0 aliphatic carbocycles. The Bertz CT molecular complexity index is 921. The maximum Gasteiger partial charge on any atom is 0.352 e. The van der Waals surface area contributed by atoms with Crippen LogP contribution < -0.4 is 11.1 Å². The molecule has 10 nitrogen and oxygen atoms in total. The fourth-order valence-corrected chi connectivity index (χ4v) is 5.68. The lowest BCUT2D eigenvalue weighted by atomic mass is 10.0. The third kappa shape index (κ3) is 4.60. The van der Waals surface area contributed by atoms with Gasteiger partial charge in [-0.25, -0.2) is 9.78 Å². The molecule has 162 valence electrons. The summed E-state index contributed by atoms with van der Waals surface area (Å²) in [6.07, 6.45) is 1.87. The molecule has 1 fully saturated rings. The molecule has 14 heteroatoms. The van der Waals surface area contributed by atoms with Crippen LogP contribution in [0.15, 0.2) is 21.8 Å². The van der Waals surface area contributed by atoms with Crippen molar-refractivity contribution in [3.8, 4) is 0 Å². The van der Waals surface area contributed by atoms with Gasteiger partial charge in [-0.15, -0.1) is 23.1 Å². The highest BCUT2D eigenvalue weighted by Gasteiger charge is 2.54. The van der Waals surface area contributed by atoms with Crippen LogP contribution in [0.4, 0.5) is 5.13 Å². The van der Waals surface area contributed by atoms with E-state index in [4.69, 9.17) is 10.6 Å². The normalized spacial score (nSPS) is 21.2. The molecule has 1 aromatic rings. The zero-order chi connectivity index (χ0) is 21.8. The van der Waals surface area contributed by atoms with E-state index in [1.807, 2.05) is 6.26 Å². The number of aliphatic carboxylic acids is 1. The predicted octanol–water partition coefficient (Wildman–Crippen LogP) is 0.943. The minimum Gasteiger partial charge on any atom is -0.477 e. The maximum atomic E-state index is 12.8. The van der Waals surface area contributed by atoms with Crippen LogP contribution in [0, 0.1) is 0 Å². The minimum absolute atomic E-state index is 0.00502. The van der Waals surface area contributed by atoms with Crippen molar-refractivity contribution in [1.29, 1.82) is 0 Å². The fraction of sp³-hybridized carbons (Fsp3) is 0.438. The third-order valence-electron chi connectivity index (χ3n) is 4.16. The Morgan fingerprint density at radius 1 is 1.57 bits per heavy atom. The van der Waals surface area contributed by atoms with Crippen LogP contribution in [-0.4, -0.2) is 79.6 Å². The Balaban J connectivity index is 1.78. The number of carbonyl (C=O) groups is 3. The van der Waals surface area contributed by atoms with Crippen LogP contribution in [0.25, 0.3) is 0 Å². The van der Waals surface area contributed by atoms with Crippen molar-refractivity contribution < 1.29 is 24.3 Å². The molecule has 0 aromatic carbocycles. The summed E-state index contributed by atoms with van der Waals surface area (Å²) in [5.74, 6) is -1.28. The highest BCUT2D eigenvalue weighted by Crippen LogP contribution is 2.40. The standard InChI is InChI=1S/C16H18BrN5O5S3/c1-28-4-7-5-29-14-10(13(24)22(14)11(7)15(25)26)20-12(23)9(21-27-3-2-17)8-6-30-16(18)19-8/h6,10,14H,2-5H2,1H3,(H2,18,19)(H,20,23)(H,25,26)/t10?,14-/m1/s1. The topological polar surface area (TPSA) is 147 Å². The van der Waals surface area contributed by atoms with Gasteiger partial charge in [0.1, 0.15) is 29.4 Å². The molecule has 2 amide bonds. The van der Waals surface area contributed by atoms with E-state index >= 15 is 0 Å². The van der Waals surface area contributed by atoms with Gasteiger partial charge >= 0.3 is 5.97 Å². The molecule has 2 atom stereocenters. The monoisotopic (exact) mass is 535 g/mol. The molecule has 1 unspecified atom stereocenters. The number of oxime groups is 1. The summed E-state index contributed by atoms with van der Waals surface area (Å²) in [6, 6.07) is -0.870. The number of carbonyl (C=O) groups excluding carboxylic acids is 2. The molecule has 1 saturated heterocycles. The van der Waals surface area contributed by atoms with Gasteiger partial charge in [-0.1, -0.05) is 21.1 Å². The van der Waals surface area contributed by atoms with Crippen LogP contribution in [0.1, 0.15) is 5.69 Å². The van der Waals surface area contributed by atoms with Crippen LogP contribution in [0.3, 0.4) is 0 Å². The van der Waals surface area contributed by atoms with Gasteiger partial charge < -0.3 is 21.0 Å². The first-order valence-electron chi connectivity index (χ1n) is 8.56. The Morgan fingerprint density at radius 3 is 2.93 bits per heavy atom. The highest BCUT2D eigenvalue weighted by atomic mass is 79.9. The van der Waals surface area contributed by atoms with Crippen molar-refractivity contribution in [2.45, 2.75) is 11.4 Å². The highest BCUT2D eigenvalue weighted by molar-refractivity contribution is 9.09. The van der Waals surface area contributed by atoms with Crippen molar-refractivity contribution in [2.24, 2.45) is 5.16 Å². The molecule has 3 rings (SSSR count). The molecule has 0 bridgehead atoms. The van der Waals surface area contributed by atoms with Gasteiger partial charge in [0, 0.05) is 22.2 Å². The number of thiazole rings is 1. The van der Waals surface area contributed by atoms with Crippen molar-refractivity contribution >= 4 is 79.4 Å². The number of amides is 2. The summed E-state index contributed by atoms with van der Waals surface area (Å²) >= 11 is 7.25. The second-order valence-corrected chi connectivity index (χ2v) is 9.74. The zero-order valence-electron chi connectivity index (χ0n) is 15.7. The van der Waals surface area contributed by atoms with Gasteiger partial charge in [-0.2, -0.15) is 11.8 Å². The number of halogens is 1. The molecular weight excluding hydrogens is 518 g/mol. The van der Waals surface area contributed by atoms with Crippen molar-refractivity contribution in [1.82, 2.24) is 15.2 Å². The van der Waals surface area contributed by atoms with Crippen LogP contribution in [-0.2, 0) is 19.2 Å². The fourth-order valence-electron chi connectivity index (χ4n) is 2.92. The molecule has 1 aromatic heterocycles.